The number of carbonyl (C=O) groups is 1. The molecule has 7 heteroatoms. The smallest absolute Gasteiger partial charge is 0.196 e. The topological polar surface area (TPSA) is 57.0 Å². The molecule has 27 heavy (non-hydrogen) atoms. The lowest BCUT2D eigenvalue weighted by Crippen LogP contribution is -2.10. The van der Waals surface area contributed by atoms with Gasteiger partial charge in [0, 0.05) is 15.7 Å². The zero-order chi connectivity index (χ0) is 19.4. The van der Waals surface area contributed by atoms with Crippen molar-refractivity contribution in [3.63, 3.8) is 0 Å². The summed E-state index contributed by atoms with van der Waals surface area (Å²) in [6, 6.07) is 15.7. The second-order valence-corrected chi connectivity index (χ2v) is 8.17. The number of nitrogens with zero attached hydrogens (tertiary/aromatic N) is 3. The van der Waals surface area contributed by atoms with Gasteiger partial charge in [-0.2, -0.15) is 0 Å². The predicted molar refractivity (Wildman–Crippen MR) is 112 cm³/mol. The third-order valence-electron chi connectivity index (χ3n) is 4.00. The van der Waals surface area contributed by atoms with E-state index in [0.29, 0.717) is 11.8 Å². The molecule has 0 fully saturated rings. The van der Waals surface area contributed by atoms with Gasteiger partial charge >= 0.3 is 0 Å². The molecule has 5 nitrogen and oxygen atoms in total. The summed E-state index contributed by atoms with van der Waals surface area (Å²) >= 11 is 4.87. The van der Waals surface area contributed by atoms with Gasteiger partial charge in [0.1, 0.15) is 11.5 Å². The van der Waals surface area contributed by atoms with Crippen LogP contribution in [0.3, 0.4) is 0 Å². The third kappa shape index (κ3) is 4.59. The highest BCUT2D eigenvalue weighted by atomic mass is 79.9. The minimum atomic E-state index is -0.201. The van der Waals surface area contributed by atoms with E-state index < -0.39 is 0 Å². The Labute approximate surface area is 171 Å². The molecular formula is C20H20BrN3O2S. The molecule has 0 amide bonds. The molecule has 1 unspecified atom stereocenters. The molecule has 3 rings (SSSR count). The van der Waals surface area contributed by atoms with E-state index in [1.807, 2.05) is 66.9 Å². The van der Waals surface area contributed by atoms with Crippen LogP contribution in [0, 0.1) is 0 Å². The summed E-state index contributed by atoms with van der Waals surface area (Å²) in [4.78, 5) is 11.7. The summed E-state index contributed by atoms with van der Waals surface area (Å²) in [6.07, 6.45) is 0. The fraction of sp³-hybridized carbons (Fsp3) is 0.250. The summed E-state index contributed by atoms with van der Waals surface area (Å²) < 4.78 is 8.51. The maximum Gasteiger partial charge on any atom is 0.196 e. The van der Waals surface area contributed by atoms with E-state index in [1.54, 1.807) is 6.92 Å². The number of carbonyl (C=O) groups excluding carboxylic acids is 1. The van der Waals surface area contributed by atoms with Crippen molar-refractivity contribution in [3.05, 3.63) is 53.0 Å². The van der Waals surface area contributed by atoms with Gasteiger partial charge in [-0.3, -0.25) is 9.36 Å². The number of thioether (sulfide) groups is 1. The molecule has 1 atom stereocenters. The number of benzene rings is 2. The maximum absolute atomic E-state index is 11.7. The standard InChI is InChI=1S/C20H20BrN3O2S/c1-4-26-18-11-9-17(10-12-18)24-19(15-5-7-16(21)8-6-15)22-23-20(24)27-14(3)13(2)25/h5-12,14H,4H2,1-3H3. The highest BCUT2D eigenvalue weighted by molar-refractivity contribution is 9.10. The summed E-state index contributed by atoms with van der Waals surface area (Å²) in [7, 11) is 0. The van der Waals surface area contributed by atoms with E-state index in [1.165, 1.54) is 11.8 Å². The molecule has 0 radical (unpaired) electrons. The Bertz CT molecular complexity index is 923. The van der Waals surface area contributed by atoms with Crippen LogP contribution in [0.5, 0.6) is 5.75 Å². The number of ether oxygens (including phenoxy) is 1. The van der Waals surface area contributed by atoms with Gasteiger partial charge in [-0.1, -0.05) is 39.8 Å². The van der Waals surface area contributed by atoms with Crippen molar-refractivity contribution >= 4 is 33.5 Å². The Morgan fingerprint density at radius 2 is 1.81 bits per heavy atom. The van der Waals surface area contributed by atoms with Crippen LogP contribution in [0.15, 0.2) is 58.2 Å². The highest BCUT2D eigenvalue weighted by Gasteiger charge is 2.20. The lowest BCUT2D eigenvalue weighted by molar-refractivity contribution is -0.116. The molecule has 0 spiro atoms. The van der Waals surface area contributed by atoms with Gasteiger partial charge in [-0.15, -0.1) is 10.2 Å². The lowest BCUT2D eigenvalue weighted by atomic mass is 10.2. The summed E-state index contributed by atoms with van der Waals surface area (Å²) in [6.45, 7) is 6.04. The van der Waals surface area contributed by atoms with Crippen molar-refractivity contribution in [1.82, 2.24) is 14.8 Å². The first-order valence-corrected chi connectivity index (χ1v) is 10.3. The minimum Gasteiger partial charge on any atom is -0.494 e. The predicted octanol–water partition coefficient (Wildman–Crippen LogP) is 5.17. The third-order valence-corrected chi connectivity index (χ3v) is 5.69. The van der Waals surface area contributed by atoms with E-state index in [2.05, 4.69) is 26.1 Å². The van der Waals surface area contributed by atoms with Gasteiger partial charge in [0.15, 0.2) is 11.0 Å². The number of hydrogen-bond acceptors (Lipinski definition) is 5. The summed E-state index contributed by atoms with van der Waals surface area (Å²) in [5.41, 5.74) is 1.86. The number of rotatable bonds is 7. The van der Waals surface area contributed by atoms with Crippen molar-refractivity contribution in [2.75, 3.05) is 6.61 Å². The average Bonchev–Trinajstić information content (AvgIpc) is 3.06. The number of ketones is 1. The van der Waals surface area contributed by atoms with E-state index in [9.17, 15) is 4.79 Å². The molecule has 0 N–H and O–H groups in total. The Kier molecular flexibility index (Phi) is 6.34. The van der Waals surface area contributed by atoms with Gasteiger partial charge in [0.25, 0.3) is 0 Å². The van der Waals surface area contributed by atoms with E-state index in [-0.39, 0.29) is 11.0 Å². The molecule has 0 aliphatic rings. The van der Waals surface area contributed by atoms with Crippen LogP contribution in [-0.4, -0.2) is 32.4 Å². The first-order chi connectivity index (χ1) is 13.0. The number of hydrogen-bond donors (Lipinski definition) is 0. The number of Topliss-reactive ketones (excluding diaryl/α,β-unsaturated/α-hetero) is 1. The van der Waals surface area contributed by atoms with E-state index in [0.717, 1.165) is 27.3 Å². The van der Waals surface area contributed by atoms with Crippen molar-refractivity contribution < 1.29 is 9.53 Å². The second kappa shape index (κ2) is 8.71. The van der Waals surface area contributed by atoms with Crippen LogP contribution in [0.1, 0.15) is 20.8 Å². The normalized spacial score (nSPS) is 12.0. The Balaban J connectivity index is 2.07. The molecule has 0 saturated heterocycles. The molecule has 0 saturated carbocycles. The van der Waals surface area contributed by atoms with Crippen LogP contribution in [-0.2, 0) is 4.79 Å². The second-order valence-electron chi connectivity index (χ2n) is 5.95. The van der Waals surface area contributed by atoms with E-state index >= 15 is 0 Å². The molecule has 0 bridgehead atoms. The van der Waals surface area contributed by atoms with Crippen LogP contribution in [0.2, 0.25) is 0 Å². The lowest BCUT2D eigenvalue weighted by Gasteiger charge is -2.13. The maximum atomic E-state index is 11.7. The fourth-order valence-electron chi connectivity index (χ4n) is 2.46. The molecule has 0 aliphatic carbocycles. The van der Waals surface area contributed by atoms with Crippen molar-refractivity contribution in [1.29, 1.82) is 0 Å². The first kappa shape index (κ1) is 19.6. The zero-order valence-corrected chi connectivity index (χ0v) is 17.8. The van der Waals surface area contributed by atoms with Crippen LogP contribution < -0.4 is 4.74 Å². The molecule has 1 aromatic heterocycles. The quantitative estimate of drug-likeness (QED) is 0.469. The van der Waals surface area contributed by atoms with Gasteiger partial charge < -0.3 is 4.74 Å². The van der Waals surface area contributed by atoms with Gasteiger partial charge in [0.2, 0.25) is 0 Å². The van der Waals surface area contributed by atoms with Gasteiger partial charge in [-0.05, 0) is 57.2 Å². The molecule has 3 aromatic rings. The summed E-state index contributed by atoms with van der Waals surface area (Å²) in [5, 5.41) is 9.23. The van der Waals surface area contributed by atoms with Crippen LogP contribution in [0.4, 0.5) is 0 Å². The number of aromatic nitrogens is 3. The monoisotopic (exact) mass is 445 g/mol. The number of halogens is 1. The highest BCUT2D eigenvalue weighted by Crippen LogP contribution is 2.31. The van der Waals surface area contributed by atoms with Crippen molar-refractivity contribution in [2.24, 2.45) is 0 Å². The molecule has 2 aromatic carbocycles. The van der Waals surface area contributed by atoms with Crippen LogP contribution in [0.25, 0.3) is 17.1 Å². The largest absolute Gasteiger partial charge is 0.494 e. The minimum absolute atomic E-state index is 0.103. The molecule has 0 aliphatic heterocycles. The van der Waals surface area contributed by atoms with Crippen molar-refractivity contribution in [3.8, 4) is 22.8 Å². The SMILES string of the molecule is CCOc1ccc(-n2c(SC(C)C(C)=O)nnc2-c2ccc(Br)cc2)cc1. The van der Waals surface area contributed by atoms with Crippen LogP contribution >= 0.6 is 27.7 Å². The Morgan fingerprint density at radius 3 is 2.41 bits per heavy atom. The zero-order valence-electron chi connectivity index (χ0n) is 15.3. The molecular weight excluding hydrogens is 426 g/mol. The molecule has 140 valence electrons. The fourth-order valence-corrected chi connectivity index (χ4v) is 3.60. The average molecular weight is 446 g/mol. The Hall–Kier alpha value is -2.12. The molecule has 1 heterocycles. The van der Waals surface area contributed by atoms with E-state index in [4.69, 9.17) is 4.74 Å². The van der Waals surface area contributed by atoms with Gasteiger partial charge in [0.05, 0.1) is 11.9 Å². The first-order valence-electron chi connectivity index (χ1n) is 8.61. The van der Waals surface area contributed by atoms with Crippen molar-refractivity contribution in [2.45, 2.75) is 31.2 Å². The Morgan fingerprint density at radius 1 is 1.15 bits per heavy atom. The summed E-state index contributed by atoms with van der Waals surface area (Å²) in [5.74, 6) is 1.64. The van der Waals surface area contributed by atoms with Gasteiger partial charge in [-0.25, -0.2) is 0 Å².